The Morgan fingerprint density at radius 2 is 2.15 bits per heavy atom. The van der Waals surface area contributed by atoms with Gasteiger partial charge in [-0.15, -0.1) is 0 Å². The summed E-state index contributed by atoms with van der Waals surface area (Å²) >= 11 is 0. The predicted molar refractivity (Wildman–Crippen MR) is 99.1 cm³/mol. The van der Waals surface area contributed by atoms with Gasteiger partial charge in [0, 0.05) is 24.8 Å². The van der Waals surface area contributed by atoms with E-state index in [9.17, 15) is 9.59 Å². The fourth-order valence-electron chi connectivity index (χ4n) is 3.11. The quantitative estimate of drug-likeness (QED) is 0.897. The molecule has 0 aliphatic carbocycles. The largest absolute Gasteiger partial charge is 0.494 e. The van der Waals surface area contributed by atoms with Crippen molar-refractivity contribution >= 4 is 17.6 Å². The van der Waals surface area contributed by atoms with Crippen LogP contribution >= 0.6 is 0 Å². The molecular weight excluding hydrogens is 330 g/mol. The van der Waals surface area contributed by atoms with Crippen LogP contribution in [0.1, 0.15) is 30.1 Å². The number of ether oxygens (including phenoxy) is 1. The van der Waals surface area contributed by atoms with Crippen molar-refractivity contribution in [2.45, 2.75) is 19.8 Å². The number of piperidine rings is 1. The van der Waals surface area contributed by atoms with E-state index < -0.39 is 0 Å². The Balaban J connectivity index is 1.65. The summed E-state index contributed by atoms with van der Waals surface area (Å²) in [4.78, 5) is 31.2. The molecule has 1 N–H and O–H groups in total. The summed E-state index contributed by atoms with van der Waals surface area (Å²) in [5.41, 5.74) is 0.585. The lowest BCUT2D eigenvalue weighted by molar-refractivity contribution is -0.121. The highest BCUT2D eigenvalue weighted by atomic mass is 16.5. The molecule has 0 saturated carbocycles. The first-order chi connectivity index (χ1) is 12.7. The van der Waals surface area contributed by atoms with Crippen LogP contribution in [0, 0.1) is 5.92 Å². The van der Waals surface area contributed by atoms with Crippen molar-refractivity contribution in [2.75, 3.05) is 25.0 Å². The van der Waals surface area contributed by atoms with Crippen molar-refractivity contribution in [3.63, 3.8) is 0 Å². The molecule has 0 spiro atoms. The van der Waals surface area contributed by atoms with E-state index in [2.05, 4.69) is 10.3 Å². The van der Waals surface area contributed by atoms with Gasteiger partial charge in [-0.3, -0.25) is 9.59 Å². The molecule has 3 rings (SSSR count). The SMILES string of the molecule is CCOc1cccc(C(=O)N2CCCC(C(=O)Nc3ccccn3)C2)c1. The zero-order chi connectivity index (χ0) is 18.4. The average molecular weight is 353 g/mol. The molecule has 2 aromatic rings. The number of amides is 2. The van der Waals surface area contributed by atoms with Gasteiger partial charge in [0.15, 0.2) is 0 Å². The van der Waals surface area contributed by atoms with Gasteiger partial charge < -0.3 is 15.0 Å². The number of benzene rings is 1. The third-order valence-corrected chi connectivity index (χ3v) is 4.39. The van der Waals surface area contributed by atoms with Crippen LogP contribution in [0.5, 0.6) is 5.75 Å². The zero-order valence-corrected chi connectivity index (χ0v) is 14.9. The van der Waals surface area contributed by atoms with E-state index in [4.69, 9.17) is 4.74 Å². The first-order valence-corrected chi connectivity index (χ1v) is 8.91. The molecule has 0 radical (unpaired) electrons. The molecule has 1 unspecified atom stereocenters. The number of aromatic nitrogens is 1. The molecule has 2 heterocycles. The Hall–Kier alpha value is -2.89. The second-order valence-electron chi connectivity index (χ2n) is 6.26. The molecule has 1 saturated heterocycles. The van der Waals surface area contributed by atoms with Crippen molar-refractivity contribution in [3.8, 4) is 5.75 Å². The molecule has 1 aliphatic heterocycles. The molecule has 6 nitrogen and oxygen atoms in total. The van der Waals surface area contributed by atoms with E-state index in [0.717, 1.165) is 12.8 Å². The van der Waals surface area contributed by atoms with Crippen LogP contribution in [-0.2, 0) is 4.79 Å². The Morgan fingerprint density at radius 3 is 2.92 bits per heavy atom. The number of pyridine rings is 1. The number of carbonyl (C=O) groups excluding carboxylic acids is 2. The van der Waals surface area contributed by atoms with Crippen molar-refractivity contribution in [1.29, 1.82) is 0 Å². The molecule has 6 heteroatoms. The highest BCUT2D eigenvalue weighted by Gasteiger charge is 2.29. The molecule has 1 aliphatic rings. The molecule has 2 amide bonds. The lowest BCUT2D eigenvalue weighted by atomic mass is 9.96. The number of rotatable bonds is 5. The fraction of sp³-hybridized carbons (Fsp3) is 0.350. The Kier molecular flexibility index (Phi) is 5.84. The summed E-state index contributed by atoms with van der Waals surface area (Å²) in [7, 11) is 0. The van der Waals surface area contributed by atoms with Crippen LogP contribution in [0.15, 0.2) is 48.7 Å². The van der Waals surface area contributed by atoms with E-state index in [1.54, 1.807) is 35.4 Å². The molecule has 26 heavy (non-hydrogen) atoms. The molecule has 1 aromatic carbocycles. The lowest BCUT2D eigenvalue weighted by Gasteiger charge is -2.32. The summed E-state index contributed by atoms with van der Waals surface area (Å²) in [6, 6.07) is 12.6. The van der Waals surface area contributed by atoms with E-state index in [-0.39, 0.29) is 17.7 Å². The van der Waals surface area contributed by atoms with Gasteiger partial charge in [0.05, 0.1) is 12.5 Å². The lowest BCUT2D eigenvalue weighted by Crippen LogP contribution is -2.43. The maximum absolute atomic E-state index is 12.8. The van der Waals surface area contributed by atoms with E-state index in [1.807, 2.05) is 25.1 Å². The second kappa shape index (κ2) is 8.47. The van der Waals surface area contributed by atoms with Gasteiger partial charge in [-0.25, -0.2) is 4.98 Å². The first kappa shape index (κ1) is 17.9. The number of nitrogens with zero attached hydrogens (tertiary/aromatic N) is 2. The zero-order valence-electron chi connectivity index (χ0n) is 14.9. The number of hydrogen-bond acceptors (Lipinski definition) is 4. The summed E-state index contributed by atoms with van der Waals surface area (Å²) in [6.07, 6.45) is 3.20. The maximum atomic E-state index is 12.8. The van der Waals surface area contributed by atoms with Crippen molar-refractivity contribution in [3.05, 3.63) is 54.2 Å². The minimum atomic E-state index is -0.232. The number of carbonyl (C=O) groups is 2. The molecule has 0 bridgehead atoms. The first-order valence-electron chi connectivity index (χ1n) is 8.91. The van der Waals surface area contributed by atoms with Gasteiger partial charge in [0.2, 0.25) is 5.91 Å². The molecule has 1 atom stereocenters. The third-order valence-electron chi connectivity index (χ3n) is 4.39. The van der Waals surface area contributed by atoms with Crippen molar-refractivity contribution in [2.24, 2.45) is 5.92 Å². The average Bonchev–Trinajstić information content (AvgIpc) is 2.69. The molecule has 136 valence electrons. The number of anilines is 1. The van der Waals surface area contributed by atoms with Gasteiger partial charge in [-0.05, 0) is 50.1 Å². The van der Waals surface area contributed by atoms with Crippen LogP contribution in [0.3, 0.4) is 0 Å². The van der Waals surface area contributed by atoms with E-state index in [0.29, 0.717) is 36.8 Å². The summed E-state index contributed by atoms with van der Waals surface area (Å²) < 4.78 is 5.47. The van der Waals surface area contributed by atoms with Crippen LogP contribution in [0.4, 0.5) is 5.82 Å². The molecular formula is C20H23N3O3. The minimum Gasteiger partial charge on any atom is -0.494 e. The summed E-state index contributed by atoms with van der Waals surface area (Å²) in [5.74, 6) is 0.820. The number of nitrogens with one attached hydrogen (secondary N) is 1. The Labute approximate surface area is 153 Å². The van der Waals surface area contributed by atoms with Crippen LogP contribution < -0.4 is 10.1 Å². The van der Waals surface area contributed by atoms with E-state index >= 15 is 0 Å². The minimum absolute atomic E-state index is 0.0677. The summed E-state index contributed by atoms with van der Waals surface area (Å²) in [6.45, 7) is 3.53. The highest BCUT2D eigenvalue weighted by molar-refractivity contribution is 5.96. The molecule has 1 fully saturated rings. The van der Waals surface area contributed by atoms with Crippen LogP contribution in [0.25, 0.3) is 0 Å². The predicted octanol–water partition coefficient (Wildman–Crippen LogP) is 2.97. The number of likely N-dealkylation sites (tertiary alicyclic amines) is 1. The van der Waals surface area contributed by atoms with Gasteiger partial charge in [-0.1, -0.05) is 12.1 Å². The normalized spacial score (nSPS) is 16.8. The highest BCUT2D eigenvalue weighted by Crippen LogP contribution is 2.21. The standard InChI is InChI=1S/C20H23N3O3/c1-2-26-17-9-5-7-15(13-17)20(25)23-12-6-8-16(14-23)19(24)22-18-10-3-4-11-21-18/h3-5,7,9-11,13,16H,2,6,8,12,14H2,1H3,(H,21,22,24). The van der Waals surface area contributed by atoms with Gasteiger partial charge >= 0.3 is 0 Å². The third kappa shape index (κ3) is 4.39. The van der Waals surface area contributed by atoms with Crippen LogP contribution in [-0.4, -0.2) is 41.4 Å². The monoisotopic (exact) mass is 353 g/mol. The van der Waals surface area contributed by atoms with Crippen molar-refractivity contribution in [1.82, 2.24) is 9.88 Å². The Bertz CT molecular complexity index is 764. The Morgan fingerprint density at radius 1 is 1.27 bits per heavy atom. The number of hydrogen-bond donors (Lipinski definition) is 1. The van der Waals surface area contributed by atoms with Gasteiger partial charge in [0.1, 0.15) is 11.6 Å². The summed E-state index contributed by atoms with van der Waals surface area (Å²) in [5, 5.41) is 2.83. The smallest absolute Gasteiger partial charge is 0.254 e. The van der Waals surface area contributed by atoms with Gasteiger partial charge in [0.25, 0.3) is 5.91 Å². The van der Waals surface area contributed by atoms with Gasteiger partial charge in [-0.2, -0.15) is 0 Å². The fourth-order valence-corrected chi connectivity index (χ4v) is 3.11. The molecule has 1 aromatic heterocycles. The maximum Gasteiger partial charge on any atom is 0.254 e. The van der Waals surface area contributed by atoms with Crippen LogP contribution in [0.2, 0.25) is 0 Å². The second-order valence-corrected chi connectivity index (χ2v) is 6.26. The van der Waals surface area contributed by atoms with E-state index in [1.165, 1.54) is 0 Å². The topological polar surface area (TPSA) is 71.5 Å². The van der Waals surface area contributed by atoms with Crippen molar-refractivity contribution < 1.29 is 14.3 Å².